The van der Waals surface area contributed by atoms with Crippen molar-refractivity contribution in [3.63, 3.8) is 0 Å². The van der Waals surface area contributed by atoms with Crippen LogP contribution in [-0.4, -0.2) is 13.7 Å². The smallest absolute Gasteiger partial charge is 0.0698 e. The maximum Gasteiger partial charge on any atom is 0.0698 e. The zero-order valence-corrected chi connectivity index (χ0v) is 9.05. The highest BCUT2D eigenvalue weighted by Crippen LogP contribution is 2.64. The van der Waals surface area contributed by atoms with Gasteiger partial charge in [0, 0.05) is 13.7 Å². The van der Waals surface area contributed by atoms with E-state index in [1.54, 1.807) is 7.11 Å². The first-order valence-corrected chi connectivity index (χ1v) is 4.88. The van der Waals surface area contributed by atoms with E-state index in [0.717, 1.165) is 19.4 Å². The third kappa shape index (κ3) is 1.71. The highest BCUT2D eigenvalue weighted by molar-refractivity contribution is 5.20. The van der Waals surface area contributed by atoms with Crippen LogP contribution in [0.1, 0.15) is 33.6 Å². The van der Waals surface area contributed by atoms with E-state index in [4.69, 9.17) is 4.74 Å². The molecule has 0 amide bonds. The summed E-state index contributed by atoms with van der Waals surface area (Å²) in [6, 6.07) is 2.50. The molecule has 1 aliphatic rings. The van der Waals surface area contributed by atoms with Gasteiger partial charge in [-0.1, -0.05) is 20.8 Å². The van der Waals surface area contributed by atoms with Crippen molar-refractivity contribution in [3.05, 3.63) is 0 Å². The third-order valence-electron chi connectivity index (χ3n) is 3.31. The van der Waals surface area contributed by atoms with Crippen LogP contribution in [-0.2, 0) is 4.74 Å². The maximum absolute atomic E-state index is 9.17. The Balaban J connectivity index is 2.56. The van der Waals surface area contributed by atoms with Crippen molar-refractivity contribution in [2.24, 2.45) is 16.7 Å². The van der Waals surface area contributed by atoms with Crippen molar-refractivity contribution in [3.8, 4) is 6.07 Å². The summed E-state index contributed by atoms with van der Waals surface area (Å²) in [7, 11) is 1.72. The lowest BCUT2D eigenvalue weighted by Gasteiger charge is -2.25. The van der Waals surface area contributed by atoms with Crippen molar-refractivity contribution in [2.75, 3.05) is 13.7 Å². The van der Waals surface area contributed by atoms with E-state index in [-0.39, 0.29) is 10.8 Å². The van der Waals surface area contributed by atoms with Crippen LogP contribution in [0, 0.1) is 28.1 Å². The summed E-state index contributed by atoms with van der Waals surface area (Å²) in [6.07, 6.45) is 2.08. The van der Waals surface area contributed by atoms with Crippen LogP contribution in [0.5, 0.6) is 0 Å². The summed E-state index contributed by atoms with van der Waals surface area (Å²) >= 11 is 0. The summed E-state index contributed by atoms with van der Waals surface area (Å²) in [5.74, 6) is 0.553. The Hall–Kier alpha value is -0.550. The SMILES string of the molecule is COCC[C@H]1C[C@@]1(C#N)C(C)(C)C. The van der Waals surface area contributed by atoms with Gasteiger partial charge in [-0.3, -0.25) is 0 Å². The van der Waals surface area contributed by atoms with E-state index < -0.39 is 0 Å². The van der Waals surface area contributed by atoms with Crippen LogP contribution < -0.4 is 0 Å². The molecule has 2 nitrogen and oxygen atoms in total. The van der Waals surface area contributed by atoms with Gasteiger partial charge in [-0.05, 0) is 24.2 Å². The highest BCUT2D eigenvalue weighted by Gasteiger charge is 2.61. The Morgan fingerprint density at radius 1 is 1.54 bits per heavy atom. The molecule has 0 spiro atoms. The molecule has 1 rings (SSSR count). The molecule has 2 heteroatoms. The quantitative estimate of drug-likeness (QED) is 0.670. The number of rotatable bonds is 3. The summed E-state index contributed by atoms with van der Waals surface area (Å²) < 4.78 is 5.03. The Morgan fingerprint density at radius 2 is 2.15 bits per heavy atom. The molecule has 0 heterocycles. The van der Waals surface area contributed by atoms with Gasteiger partial charge in [0.1, 0.15) is 0 Å². The van der Waals surface area contributed by atoms with Crippen molar-refractivity contribution < 1.29 is 4.74 Å². The van der Waals surface area contributed by atoms with Gasteiger partial charge in [-0.15, -0.1) is 0 Å². The number of nitrogens with zero attached hydrogens (tertiary/aromatic N) is 1. The molecule has 0 aromatic carbocycles. The number of hydrogen-bond donors (Lipinski definition) is 0. The van der Waals surface area contributed by atoms with Gasteiger partial charge in [0.15, 0.2) is 0 Å². The van der Waals surface area contributed by atoms with E-state index >= 15 is 0 Å². The van der Waals surface area contributed by atoms with Gasteiger partial charge < -0.3 is 4.74 Å². The van der Waals surface area contributed by atoms with Crippen molar-refractivity contribution in [1.29, 1.82) is 5.26 Å². The fourth-order valence-electron chi connectivity index (χ4n) is 2.16. The molecule has 1 saturated carbocycles. The molecule has 74 valence electrons. The normalized spacial score (nSPS) is 32.7. The largest absolute Gasteiger partial charge is 0.385 e. The maximum atomic E-state index is 9.17. The van der Waals surface area contributed by atoms with Crippen LogP contribution in [0.25, 0.3) is 0 Å². The Labute approximate surface area is 80.9 Å². The van der Waals surface area contributed by atoms with E-state index in [1.807, 2.05) is 0 Å². The van der Waals surface area contributed by atoms with Gasteiger partial charge in [-0.25, -0.2) is 0 Å². The minimum atomic E-state index is -0.0778. The molecule has 0 aliphatic heterocycles. The van der Waals surface area contributed by atoms with E-state index in [2.05, 4.69) is 26.8 Å². The predicted molar refractivity (Wildman–Crippen MR) is 52.1 cm³/mol. The van der Waals surface area contributed by atoms with Crippen molar-refractivity contribution in [1.82, 2.24) is 0 Å². The summed E-state index contributed by atoms with van der Waals surface area (Å²) in [4.78, 5) is 0. The molecule has 0 saturated heterocycles. The molecule has 0 bridgehead atoms. The Morgan fingerprint density at radius 3 is 2.46 bits per heavy atom. The van der Waals surface area contributed by atoms with E-state index in [0.29, 0.717) is 5.92 Å². The van der Waals surface area contributed by atoms with E-state index in [9.17, 15) is 5.26 Å². The zero-order chi connectivity index (χ0) is 10.1. The molecule has 0 N–H and O–H groups in total. The van der Waals surface area contributed by atoms with Crippen LogP contribution >= 0.6 is 0 Å². The number of methoxy groups -OCH3 is 1. The van der Waals surface area contributed by atoms with E-state index in [1.165, 1.54) is 0 Å². The second kappa shape index (κ2) is 3.31. The second-order valence-corrected chi connectivity index (χ2v) is 5.02. The van der Waals surface area contributed by atoms with Gasteiger partial charge >= 0.3 is 0 Å². The number of hydrogen-bond acceptors (Lipinski definition) is 2. The fraction of sp³-hybridized carbons (Fsp3) is 0.909. The second-order valence-electron chi connectivity index (χ2n) is 5.02. The van der Waals surface area contributed by atoms with Gasteiger partial charge in [0.05, 0.1) is 11.5 Å². The average molecular weight is 181 g/mol. The summed E-state index contributed by atoms with van der Waals surface area (Å²) in [5, 5.41) is 9.17. The first-order valence-electron chi connectivity index (χ1n) is 4.88. The van der Waals surface area contributed by atoms with Crippen LogP contribution in [0.2, 0.25) is 0 Å². The van der Waals surface area contributed by atoms with Gasteiger partial charge in [0.25, 0.3) is 0 Å². The standard InChI is InChI=1S/C11H19NO/c1-10(2,3)11(8-12)7-9(11)5-6-13-4/h9H,5-7H2,1-4H3/t9-,11-/m0/s1. The number of ether oxygens (including phenoxy) is 1. The van der Waals surface area contributed by atoms with Crippen LogP contribution in [0.15, 0.2) is 0 Å². The third-order valence-corrected chi connectivity index (χ3v) is 3.31. The molecule has 0 aromatic rings. The monoisotopic (exact) mass is 181 g/mol. The lowest BCUT2D eigenvalue weighted by atomic mass is 9.76. The predicted octanol–water partition coefficient (Wildman–Crippen LogP) is 2.60. The topological polar surface area (TPSA) is 33.0 Å². The Kier molecular flexibility index (Phi) is 2.68. The minimum absolute atomic E-state index is 0.0778. The van der Waals surface area contributed by atoms with Crippen LogP contribution in [0.3, 0.4) is 0 Å². The minimum Gasteiger partial charge on any atom is -0.385 e. The molecule has 1 aliphatic carbocycles. The van der Waals surface area contributed by atoms with Crippen molar-refractivity contribution >= 4 is 0 Å². The summed E-state index contributed by atoms with van der Waals surface area (Å²) in [5.41, 5.74) is 0.0334. The first kappa shape index (κ1) is 10.5. The lowest BCUT2D eigenvalue weighted by Crippen LogP contribution is -2.22. The molecule has 0 aromatic heterocycles. The fourth-order valence-corrected chi connectivity index (χ4v) is 2.16. The summed E-state index contributed by atoms with van der Waals surface area (Å²) in [6.45, 7) is 7.25. The first-order chi connectivity index (χ1) is 5.98. The van der Waals surface area contributed by atoms with Crippen LogP contribution in [0.4, 0.5) is 0 Å². The zero-order valence-electron chi connectivity index (χ0n) is 9.05. The average Bonchev–Trinajstić information content (AvgIpc) is 2.74. The molecule has 0 unspecified atom stereocenters. The molecule has 0 radical (unpaired) electrons. The number of nitriles is 1. The van der Waals surface area contributed by atoms with Gasteiger partial charge in [0.2, 0.25) is 0 Å². The molecular weight excluding hydrogens is 162 g/mol. The molecule has 1 fully saturated rings. The lowest BCUT2D eigenvalue weighted by molar-refractivity contribution is 0.174. The molecule has 13 heavy (non-hydrogen) atoms. The Bertz CT molecular complexity index is 223. The van der Waals surface area contributed by atoms with Crippen molar-refractivity contribution in [2.45, 2.75) is 33.6 Å². The van der Waals surface area contributed by atoms with Gasteiger partial charge in [-0.2, -0.15) is 5.26 Å². The molecular formula is C11H19NO. The molecule has 2 atom stereocenters. The highest BCUT2D eigenvalue weighted by atomic mass is 16.5.